The summed E-state index contributed by atoms with van der Waals surface area (Å²) in [5, 5.41) is 8.99. The van der Waals surface area contributed by atoms with Crippen LogP contribution in [-0.2, 0) is 4.79 Å². The van der Waals surface area contributed by atoms with E-state index in [2.05, 4.69) is 23.1 Å². The van der Waals surface area contributed by atoms with Gasteiger partial charge in [0.2, 0.25) is 0 Å². The Hall–Kier alpha value is -1.77. The van der Waals surface area contributed by atoms with Crippen LogP contribution in [0.2, 0.25) is 0 Å². The predicted octanol–water partition coefficient (Wildman–Crippen LogP) is 2.10. The van der Waals surface area contributed by atoms with E-state index in [1.165, 1.54) is 5.57 Å². The maximum atomic E-state index is 10.9. The number of hydrogen-bond donors (Lipinski definition) is 1. The van der Waals surface area contributed by atoms with E-state index in [0.717, 1.165) is 19.4 Å². The maximum absolute atomic E-state index is 10.9. The van der Waals surface area contributed by atoms with E-state index >= 15 is 0 Å². The summed E-state index contributed by atoms with van der Waals surface area (Å²) in [6.45, 7) is 0.919. The Bertz CT molecular complexity index is 471. The van der Waals surface area contributed by atoms with E-state index in [1.807, 2.05) is 6.08 Å². The van der Waals surface area contributed by atoms with Gasteiger partial charge in [0.25, 0.3) is 0 Å². The standard InChI is InChI=1S/C14H15NO2/c16-14(17)11-5-6-13-12-4-2-1-3-10(12)7-8-15(13)9-11/h1-3,5-6,9,12-13H,4,7-8H2,(H,16,17). The molecule has 0 aromatic rings. The first-order chi connectivity index (χ1) is 8.25. The highest BCUT2D eigenvalue weighted by Crippen LogP contribution is 2.36. The molecule has 2 aliphatic heterocycles. The molecule has 1 aliphatic carbocycles. The number of carboxylic acids is 1. The average molecular weight is 229 g/mol. The van der Waals surface area contributed by atoms with Crippen LogP contribution < -0.4 is 0 Å². The molecule has 2 atom stereocenters. The second-order valence-electron chi connectivity index (χ2n) is 4.74. The van der Waals surface area contributed by atoms with Crippen molar-refractivity contribution < 1.29 is 9.90 Å². The number of aliphatic carboxylic acids is 1. The first-order valence-corrected chi connectivity index (χ1v) is 6.00. The predicted molar refractivity (Wildman–Crippen MR) is 65.3 cm³/mol. The molecule has 0 bridgehead atoms. The van der Waals surface area contributed by atoms with Gasteiger partial charge >= 0.3 is 5.97 Å². The third kappa shape index (κ3) is 1.71. The third-order valence-electron chi connectivity index (χ3n) is 3.79. The van der Waals surface area contributed by atoms with E-state index < -0.39 is 5.97 Å². The molecule has 2 heterocycles. The van der Waals surface area contributed by atoms with Crippen molar-refractivity contribution >= 4 is 5.97 Å². The summed E-state index contributed by atoms with van der Waals surface area (Å²) >= 11 is 0. The molecule has 0 radical (unpaired) electrons. The van der Waals surface area contributed by atoms with Crippen LogP contribution >= 0.6 is 0 Å². The number of rotatable bonds is 1. The highest BCUT2D eigenvalue weighted by atomic mass is 16.4. The van der Waals surface area contributed by atoms with Gasteiger partial charge < -0.3 is 10.0 Å². The van der Waals surface area contributed by atoms with Crippen LogP contribution in [0.15, 0.2) is 47.7 Å². The molecular weight excluding hydrogens is 214 g/mol. The summed E-state index contributed by atoms with van der Waals surface area (Å²) in [5.74, 6) is -0.318. The molecule has 3 aliphatic rings. The van der Waals surface area contributed by atoms with E-state index in [4.69, 9.17) is 5.11 Å². The fourth-order valence-corrected chi connectivity index (χ4v) is 2.90. The second-order valence-corrected chi connectivity index (χ2v) is 4.74. The van der Waals surface area contributed by atoms with Crippen molar-refractivity contribution in [3.63, 3.8) is 0 Å². The van der Waals surface area contributed by atoms with Gasteiger partial charge in [-0.3, -0.25) is 0 Å². The molecular formula is C14H15NO2. The van der Waals surface area contributed by atoms with E-state index in [9.17, 15) is 4.79 Å². The first kappa shape index (κ1) is 10.4. The van der Waals surface area contributed by atoms with Gasteiger partial charge in [-0.1, -0.05) is 29.9 Å². The number of nitrogens with zero attached hydrogens (tertiary/aromatic N) is 1. The van der Waals surface area contributed by atoms with Crippen molar-refractivity contribution in [3.05, 3.63) is 47.7 Å². The fourth-order valence-electron chi connectivity index (χ4n) is 2.90. The minimum atomic E-state index is -0.843. The minimum Gasteiger partial charge on any atom is -0.478 e. The van der Waals surface area contributed by atoms with E-state index in [1.54, 1.807) is 12.3 Å². The van der Waals surface area contributed by atoms with Crippen LogP contribution in [0.4, 0.5) is 0 Å². The summed E-state index contributed by atoms with van der Waals surface area (Å²) < 4.78 is 0. The van der Waals surface area contributed by atoms with Crippen molar-refractivity contribution in [2.24, 2.45) is 5.92 Å². The molecule has 3 rings (SSSR count). The van der Waals surface area contributed by atoms with E-state index in [0.29, 0.717) is 17.5 Å². The Morgan fingerprint density at radius 3 is 3.18 bits per heavy atom. The Kier molecular flexibility index (Phi) is 2.39. The van der Waals surface area contributed by atoms with Crippen LogP contribution in [0.25, 0.3) is 0 Å². The van der Waals surface area contributed by atoms with Gasteiger partial charge in [0.1, 0.15) is 0 Å². The maximum Gasteiger partial charge on any atom is 0.337 e. The summed E-state index contributed by atoms with van der Waals surface area (Å²) in [6.07, 6.45) is 14.2. The first-order valence-electron chi connectivity index (χ1n) is 6.00. The van der Waals surface area contributed by atoms with Gasteiger partial charge in [0.05, 0.1) is 11.6 Å². The molecule has 17 heavy (non-hydrogen) atoms. The molecule has 0 aromatic carbocycles. The quantitative estimate of drug-likeness (QED) is 0.748. The summed E-state index contributed by atoms with van der Waals surface area (Å²) in [6, 6.07) is 0.336. The molecule has 3 heteroatoms. The summed E-state index contributed by atoms with van der Waals surface area (Å²) in [4.78, 5) is 13.1. The number of carboxylic acid groups (broad SMARTS) is 1. The highest BCUT2D eigenvalue weighted by Gasteiger charge is 2.33. The molecule has 1 fully saturated rings. The Balaban J connectivity index is 1.87. The molecule has 3 nitrogen and oxygen atoms in total. The van der Waals surface area contributed by atoms with Gasteiger partial charge in [-0.25, -0.2) is 4.79 Å². The van der Waals surface area contributed by atoms with Crippen LogP contribution in [0.5, 0.6) is 0 Å². The smallest absolute Gasteiger partial charge is 0.337 e. The Morgan fingerprint density at radius 2 is 2.35 bits per heavy atom. The minimum absolute atomic E-state index is 0.336. The van der Waals surface area contributed by atoms with Gasteiger partial charge in [-0.2, -0.15) is 0 Å². The van der Waals surface area contributed by atoms with Crippen LogP contribution in [0.1, 0.15) is 12.8 Å². The number of allylic oxidation sites excluding steroid dienone is 3. The van der Waals surface area contributed by atoms with Gasteiger partial charge in [-0.15, -0.1) is 0 Å². The van der Waals surface area contributed by atoms with Gasteiger partial charge in [0.15, 0.2) is 0 Å². The van der Waals surface area contributed by atoms with Crippen molar-refractivity contribution in [2.45, 2.75) is 18.9 Å². The summed E-state index contributed by atoms with van der Waals surface area (Å²) in [5.41, 5.74) is 1.89. The van der Waals surface area contributed by atoms with Gasteiger partial charge in [0, 0.05) is 18.7 Å². The lowest BCUT2D eigenvalue weighted by molar-refractivity contribution is -0.132. The van der Waals surface area contributed by atoms with E-state index in [-0.39, 0.29) is 0 Å². The number of piperidine rings is 1. The van der Waals surface area contributed by atoms with Crippen molar-refractivity contribution in [3.8, 4) is 0 Å². The lowest BCUT2D eigenvalue weighted by Crippen LogP contribution is -2.44. The number of hydrogen-bond acceptors (Lipinski definition) is 2. The second kappa shape index (κ2) is 3.91. The van der Waals surface area contributed by atoms with Crippen molar-refractivity contribution in [1.82, 2.24) is 4.90 Å². The molecule has 88 valence electrons. The molecule has 1 N–H and O–H groups in total. The lowest BCUT2D eigenvalue weighted by atomic mass is 9.79. The largest absolute Gasteiger partial charge is 0.478 e. The number of carbonyl (C=O) groups is 1. The zero-order valence-electron chi connectivity index (χ0n) is 9.54. The Labute approximate surface area is 100 Å². The Morgan fingerprint density at radius 1 is 1.47 bits per heavy atom. The zero-order valence-corrected chi connectivity index (χ0v) is 9.54. The highest BCUT2D eigenvalue weighted by molar-refractivity contribution is 5.90. The summed E-state index contributed by atoms with van der Waals surface area (Å²) in [7, 11) is 0. The molecule has 0 saturated carbocycles. The van der Waals surface area contributed by atoms with Crippen LogP contribution in [-0.4, -0.2) is 28.6 Å². The van der Waals surface area contributed by atoms with Gasteiger partial charge in [-0.05, 0) is 18.9 Å². The molecule has 1 saturated heterocycles. The SMILES string of the molecule is O=C(O)C1=CN2CCC3=CC=CCC3C2C=C1. The average Bonchev–Trinajstić information content (AvgIpc) is 2.38. The normalized spacial score (nSPS) is 30.2. The molecule has 0 spiro atoms. The topological polar surface area (TPSA) is 40.5 Å². The van der Waals surface area contributed by atoms with Crippen molar-refractivity contribution in [1.29, 1.82) is 0 Å². The van der Waals surface area contributed by atoms with Crippen LogP contribution in [0, 0.1) is 5.92 Å². The lowest BCUT2D eigenvalue weighted by Gasteiger charge is -2.43. The zero-order chi connectivity index (χ0) is 11.8. The molecule has 0 aromatic heterocycles. The van der Waals surface area contributed by atoms with Crippen LogP contribution in [0.3, 0.4) is 0 Å². The fraction of sp³-hybridized carbons (Fsp3) is 0.357. The molecule has 2 unspecified atom stereocenters. The van der Waals surface area contributed by atoms with Crippen molar-refractivity contribution in [2.75, 3.05) is 6.54 Å². The monoisotopic (exact) mass is 229 g/mol. The molecule has 0 amide bonds. The third-order valence-corrected chi connectivity index (χ3v) is 3.79. The number of fused-ring (bicyclic) bond motifs is 3.